The Bertz CT molecular complexity index is 1000. The molecule has 0 radical (unpaired) electrons. The van der Waals surface area contributed by atoms with E-state index in [-0.39, 0.29) is 0 Å². The van der Waals surface area contributed by atoms with Crippen LogP contribution in [0.3, 0.4) is 0 Å². The number of hydrogen-bond donors (Lipinski definition) is 3. The quantitative estimate of drug-likeness (QED) is 0.494. The second-order valence-corrected chi connectivity index (χ2v) is 5.78. The van der Waals surface area contributed by atoms with Crippen molar-refractivity contribution in [2.24, 2.45) is 0 Å². The third-order valence-corrected chi connectivity index (χ3v) is 3.93. The Morgan fingerprint density at radius 1 is 1.00 bits per heavy atom. The molecule has 2 aromatic carbocycles. The van der Waals surface area contributed by atoms with E-state index in [1.54, 1.807) is 6.33 Å². The summed E-state index contributed by atoms with van der Waals surface area (Å²) in [6.07, 6.45) is 1.56. The van der Waals surface area contributed by atoms with Gasteiger partial charge in [-0.05, 0) is 48.4 Å². The highest BCUT2D eigenvalue weighted by molar-refractivity contribution is 5.93. The fraction of sp³-hybridized carbons (Fsp3) is 0.0526. The number of nitrogen functional groups attached to an aromatic ring is 1. The van der Waals surface area contributed by atoms with Crippen molar-refractivity contribution in [1.29, 1.82) is 0 Å². The van der Waals surface area contributed by atoms with Crippen LogP contribution in [0.2, 0.25) is 0 Å². The van der Waals surface area contributed by atoms with Crippen molar-refractivity contribution >= 4 is 28.2 Å². The summed E-state index contributed by atoms with van der Waals surface area (Å²) >= 11 is 0. The van der Waals surface area contributed by atoms with Crippen LogP contribution in [0.15, 0.2) is 60.9 Å². The van der Waals surface area contributed by atoms with E-state index in [1.165, 1.54) is 5.56 Å². The summed E-state index contributed by atoms with van der Waals surface area (Å²) < 4.78 is 0. The van der Waals surface area contributed by atoms with Crippen LogP contribution >= 0.6 is 0 Å². The van der Waals surface area contributed by atoms with E-state index < -0.39 is 0 Å². The minimum atomic E-state index is 0.747. The summed E-state index contributed by atoms with van der Waals surface area (Å²) in [5.74, 6) is 0.781. The number of aromatic amines is 1. The molecule has 0 aliphatic carbocycles. The molecule has 0 unspecified atom stereocenters. The van der Waals surface area contributed by atoms with Gasteiger partial charge in [-0.15, -0.1) is 0 Å². The number of hydrogen-bond acceptors (Lipinski definition) is 4. The number of benzene rings is 2. The van der Waals surface area contributed by atoms with Gasteiger partial charge in [-0.25, -0.2) is 9.97 Å². The van der Waals surface area contributed by atoms with Crippen molar-refractivity contribution in [1.82, 2.24) is 15.0 Å². The number of nitrogens with zero attached hydrogens (tertiary/aromatic N) is 2. The van der Waals surface area contributed by atoms with Gasteiger partial charge in [0.05, 0.1) is 5.39 Å². The standard InChI is InChI=1S/C19H17N5/c1-12-3-2-4-15(9-12)23-18-16-10-17(24-19(16)22-11-21-18)13-5-7-14(20)8-6-13/h2-11H,20H2,1H3,(H2,21,22,23,24). The smallest absolute Gasteiger partial charge is 0.143 e. The lowest BCUT2D eigenvalue weighted by molar-refractivity contribution is 1.20. The molecule has 24 heavy (non-hydrogen) atoms. The van der Waals surface area contributed by atoms with Crippen molar-refractivity contribution in [3.8, 4) is 11.3 Å². The zero-order chi connectivity index (χ0) is 16.5. The van der Waals surface area contributed by atoms with Crippen LogP contribution in [-0.2, 0) is 0 Å². The van der Waals surface area contributed by atoms with E-state index in [0.29, 0.717) is 0 Å². The lowest BCUT2D eigenvalue weighted by atomic mass is 10.1. The third kappa shape index (κ3) is 2.67. The molecular weight excluding hydrogens is 298 g/mol. The molecule has 0 fully saturated rings. The number of rotatable bonds is 3. The maximum atomic E-state index is 5.76. The molecule has 0 atom stereocenters. The van der Waals surface area contributed by atoms with Crippen molar-refractivity contribution in [3.63, 3.8) is 0 Å². The Balaban J connectivity index is 1.76. The SMILES string of the molecule is Cc1cccc(Nc2ncnc3[nH]c(-c4ccc(N)cc4)cc23)c1. The first-order chi connectivity index (χ1) is 11.7. The number of anilines is 3. The fourth-order valence-corrected chi connectivity index (χ4v) is 2.72. The van der Waals surface area contributed by atoms with Crippen LogP contribution in [-0.4, -0.2) is 15.0 Å². The van der Waals surface area contributed by atoms with Gasteiger partial charge in [0, 0.05) is 17.1 Å². The van der Waals surface area contributed by atoms with Crippen molar-refractivity contribution < 1.29 is 0 Å². The summed E-state index contributed by atoms with van der Waals surface area (Å²) in [5.41, 5.74) is 11.5. The molecule has 0 bridgehead atoms. The minimum Gasteiger partial charge on any atom is -0.399 e. The summed E-state index contributed by atoms with van der Waals surface area (Å²) in [6, 6.07) is 18.0. The number of nitrogens with one attached hydrogen (secondary N) is 2. The molecule has 0 aliphatic heterocycles. The molecule has 5 nitrogen and oxygen atoms in total. The Kier molecular flexibility index (Phi) is 3.39. The van der Waals surface area contributed by atoms with Crippen molar-refractivity contribution in [2.45, 2.75) is 6.92 Å². The van der Waals surface area contributed by atoms with Crippen LogP contribution in [0.5, 0.6) is 0 Å². The Labute approximate surface area is 139 Å². The van der Waals surface area contributed by atoms with Crippen molar-refractivity contribution in [3.05, 3.63) is 66.5 Å². The van der Waals surface area contributed by atoms with E-state index in [1.807, 2.05) is 36.4 Å². The van der Waals surface area contributed by atoms with E-state index in [0.717, 1.165) is 39.5 Å². The molecule has 4 rings (SSSR count). The minimum absolute atomic E-state index is 0.747. The van der Waals surface area contributed by atoms with Crippen molar-refractivity contribution in [2.75, 3.05) is 11.1 Å². The Hall–Kier alpha value is -3.34. The van der Waals surface area contributed by atoms with Crippen LogP contribution in [0, 0.1) is 6.92 Å². The molecule has 0 spiro atoms. The van der Waals surface area contributed by atoms with Gasteiger partial charge in [-0.3, -0.25) is 0 Å². The Morgan fingerprint density at radius 2 is 1.83 bits per heavy atom. The third-order valence-electron chi connectivity index (χ3n) is 3.93. The second kappa shape index (κ2) is 5.70. The highest BCUT2D eigenvalue weighted by Gasteiger charge is 2.09. The van der Waals surface area contributed by atoms with E-state index >= 15 is 0 Å². The first-order valence-electron chi connectivity index (χ1n) is 7.72. The summed E-state index contributed by atoms with van der Waals surface area (Å²) in [4.78, 5) is 12.1. The van der Waals surface area contributed by atoms with Gasteiger partial charge in [0.1, 0.15) is 17.8 Å². The number of nitrogens with two attached hydrogens (primary N) is 1. The second-order valence-electron chi connectivity index (χ2n) is 5.78. The molecule has 4 aromatic rings. The molecule has 2 heterocycles. The molecule has 118 valence electrons. The highest BCUT2D eigenvalue weighted by Crippen LogP contribution is 2.28. The first kappa shape index (κ1) is 14.3. The topological polar surface area (TPSA) is 79.6 Å². The summed E-state index contributed by atoms with van der Waals surface area (Å²) in [7, 11) is 0. The molecule has 2 aromatic heterocycles. The van der Waals surface area contributed by atoms with Gasteiger partial charge < -0.3 is 16.0 Å². The summed E-state index contributed by atoms with van der Waals surface area (Å²) in [5, 5.41) is 4.32. The highest BCUT2D eigenvalue weighted by atomic mass is 15.0. The lowest BCUT2D eigenvalue weighted by Gasteiger charge is -2.06. The monoisotopic (exact) mass is 315 g/mol. The van der Waals surface area contributed by atoms with Gasteiger partial charge in [-0.2, -0.15) is 0 Å². The number of fused-ring (bicyclic) bond motifs is 1. The predicted octanol–water partition coefficient (Wildman–Crippen LogP) is 4.26. The maximum Gasteiger partial charge on any atom is 0.143 e. The van der Waals surface area contributed by atoms with Crippen LogP contribution < -0.4 is 11.1 Å². The van der Waals surface area contributed by atoms with Gasteiger partial charge in [0.15, 0.2) is 0 Å². The van der Waals surface area contributed by atoms with Gasteiger partial charge in [0.2, 0.25) is 0 Å². The van der Waals surface area contributed by atoms with E-state index in [2.05, 4.69) is 45.4 Å². The lowest BCUT2D eigenvalue weighted by Crippen LogP contribution is -1.95. The molecule has 5 heteroatoms. The molecule has 0 amide bonds. The number of aromatic nitrogens is 3. The van der Waals surface area contributed by atoms with E-state index in [9.17, 15) is 0 Å². The van der Waals surface area contributed by atoms with Gasteiger partial charge in [-0.1, -0.05) is 24.3 Å². The van der Waals surface area contributed by atoms with Gasteiger partial charge in [0.25, 0.3) is 0 Å². The first-order valence-corrected chi connectivity index (χ1v) is 7.72. The molecule has 4 N–H and O–H groups in total. The van der Waals surface area contributed by atoms with Crippen LogP contribution in [0.1, 0.15) is 5.56 Å². The normalized spacial score (nSPS) is 10.9. The zero-order valence-electron chi connectivity index (χ0n) is 13.2. The molecule has 0 saturated carbocycles. The number of H-pyrrole nitrogens is 1. The Morgan fingerprint density at radius 3 is 2.62 bits per heavy atom. The molecule has 0 aliphatic rings. The van der Waals surface area contributed by atoms with Gasteiger partial charge >= 0.3 is 0 Å². The molecule has 0 saturated heterocycles. The number of aryl methyl sites for hydroxylation is 1. The maximum absolute atomic E-state index is 5.76. The zero-order valence-corrected chi connectivity index (χ0v) is 13.2. The largest absolute Gasteiger partial charge is 0.399 e. The van der Waals surface area contributed by atoms with Crippen LogP contribution in [0.25, 0.3) is 22.3 Å². The average molecular weight is 315 g/mol. The summed E-state index contributed by atoms with van der Waals surface area (Å²) in [6.45, 7) is 2.07. The molecular formula is C19H17N5. The van der Waals surface area contributed by atoms with E-state index in [4.69, 9.17) is 5.73 Å². The van der Waals surface area contributed by atoms with Crippen LogP contribution in [0.4, 0.5) is 17.2 Å². The predicted molar refractivity (Wildman–Crippen MR) is 98.2 cm³/mol. The fourth-order valence-electron chi connectivity index (χ4n) is 2.72. The average Bonchev–Trinajstić information content (AvgIpc) is 3.01.